The summed E-state index contributed by atoms with van der Waals surface area (Å²) in [4.78, 5) is 12.0. The van der Waals surface area contributed by atoms with E-state index in [0.29, 0.717) is 12.5 Å². The smallest absolute Gasteiger partial charge is 0.254 e. The highest BCUT2D eigenvalue weighted by atomic mass is 19.1. The molecule has 0 unspecified atom stereocenters. The van der Waals surface area contributed by atoms with Gasteiger partial charge in [0.2, 0.25) is 0 Å². The number of rotatable bonds is 4. The summed E-state index contributed by atoms with van der Waals surface area (Å²) >= 11 is 0. The molecule has 3 heteroatoms. The van der Waals surface area contributed by atoms with E-state index in [9.17, 15) is 9.18 Å². The van der Waals surface area contributed by atoms with Crippen LogP contribution < -0.4 is 5.32 Å². The number of nitrogens with one attached hydrogen (secondary N) is 1. The van der Waals surface area contributed by atoms with Crippen LogP contribution in [-0.2, 0) is 0 Å². The van der Waals surface area contributed by atoms with Crippen molar-refractivity contribution in [3.05, 3.63) is 35.1 Å². The van der Waals surface area contributed by atoms with E-state index in [0.717, 1.165) is 17.9 Å². The molecule has 0 saturated heterocycles. The molecule has 2 rings (SSSR count). The average molecular weight is 277 g/mol. The minimum atomic E-state index is -0.445. The van der Waals surface area contributed by atoms with Crippen molar-refractivity contribution in [1.82, 2.24) is 5.32 Å². The third kappa shape index (κ3) is 4.06. The summed E-state index contributed by atoms with van der Waals surface area (Å²) in [6.45, 7) is 4.81. The van der Waals surface area contributed by atoms with Crippen LogP contribution >= 0.6 is 0 Å². The SMILES string of the molecule is Cc1ccc(F)c(C(=O)NCCC2CCC(C)CC2)c1. The Kier molecular flexibility index (Phi) is 5.16. The van der Waals surface area contributed by atoms with Crippen LogP contribution in [0, 0.1) is 24.6 Å². The Bertz CT molecular complexity index is 464. The van der Waals surface area contributed by atoms with Crippen molar-refractivity contribution < 1.29 is 9.18 Å². The van der Waals surface area contributed by atoms with Crippen molar-refractivity contribution in [2.75, 3.05) is 6.54 Å². The number of benzene rings is 1. The molecule has 0 aromatic heterocycles. The molecule has 1 aromatic rings. The van der Waals surface area contributed by atoms with Gasteiger partial charge in [0, 0.05) is 6.54 Å². The number of carbonyl (C=O) groups excluding carboxylic acids is 1. The van der Waals surface area contributed by atoms with Crippen LogP contribution in [0.25, 0.3) is 0 Å². The van der Waals surface area contributed by atoms with Gasteiger partial charge in [0.05, 0.1) is 5.56 Å². The maximum Gasteiger partial charge on any atom is 0.254 e. The van der Waals surface area contributed by atoms with Crippen LogP contribution in [0.3, 0.4) is 0 Å². The molecule has 1 aliphatic rings. The molecule has 0 bridgehead atoms. The predicted octanol–water partition coefficient (Wildman–Crippen LogP) is 4.08. The minimum absolute atomic E-state index is 0.155. The van der Waals surface area contributed by atoms with Crippen molar-refractivity contribution in [3.8, 4) is 0 Å². The van der Waals surface area contributed by atoms with Crippen molar-refractivity contribution in [1.29, 1.82) is 0 Å². The molecular formula is C17H24FNO. The summed E-state index contributed by atoms with van der Waals surface area (Å²) in [5.74, 6) is 0.825. The van der Waals surface area contributed by atoms with Gasteiger partial charge in [-0.05, 0) is 37.3 Å². The van der Waals surface area contributed by atoms with Crippen molar-refractivity contribution in [3.63, 3.8) is 0 Å². The van der Waals surface area contributed by atoms with Crippen LogP contribution in [0.5, 0.6) is 0 Å². The number of hydrogen-bond acceptors (Lipinski definition) is 1. The van der Waals surface area contributed by atoms with E-state index < -0.39 is 5.82 Å². The molecule has 0 spiro atoms. The highest BCUT2D eigenvalue weighted by molar-refractivity contribution is 5.94. The Morgan fingerprint density at radius 1 is 1.30 bits per heavy atom. The third-order valence-electron chi connectivity index (χ3n) is 4.34. The molecule has 1 aromatic carbocycles. The first-order valence-electron chi connectivity index (χ1n) is 7.60. The zero-order chi connectivity index (χ0) is 14.5. The predicted molar refractivity (Wildman–Crippen MR) is 79.2 cm³/mol. The van der Waals surface area contributed by atoms with Crippen LogP contribution in [0.15, 0.2) is 18.2 Å². The topological polar surface area (TPSA) is 29.1 Å². The van der Waals surface area contributed by atoms with E-state index in [1.807, 2.05) is 6.92 Å². The van der Waals surface area contributed by atoms with Gasteiger partial charge in [-0.2, -0.15) is 0 Å². The van der Waals surface area contributed by atoms with Gasteiger partial charge in [0.25, 0.3) is 5.91 Å². The maximum atomic E-state index is 13.6. The summed E-state index contributed by atoms with van der Waals surface area (Å²) in [7, 11) is 0. The number of carbonyl (C=O) groups is 1. The molecule has 1 N–H and O–H groups in total. The highest BCUT2D eigenvalue weighted by Crippen LogP contribution is 2.29. The van der Waals surface area contributed by atoms with Crippen molar-refractivity contribution in [2.45, 2.75) is 46.0 Å². The first-order valence-corrected chi connectivity index (χ1v) is 7.60. The van der Waals surface area contributed by atoms with Gasteiger partial charge in [-0.25, -0.2) is 4.39 Å². The molecule has 0 atom stereocenters. The second-order valence-electron chi connectivity index (χ2n) is 6.15. The van der Waals surface area contributed by atoms with E-state index in [4.69, 9.17) is 0 Å². The van der Waals surface area contributed by atoms with E-state index in [-0.39, 0.29) is 11.5 Å². The molecule has 0 radical (unpaired) electrons. The van der Waals surface area contributed by atoms with Gasteiger partial charge < -0.3 is 5.32 Å². The summed E-state index contributed by atoms with van der Waals surface area (Å²) < 4.78 is 13.6. The average Bonchev–Trinajstić information content (AvgIpc) is 2.43. The second kappa shape index (κ2) is 6.87. The molecule has 1 saturated carbocycles. The first kappa shape index (κ1) is 15.0. The molecule has 2 nitrogen and oxygen atoms in total. The number of hydrogen-bond donors (Lipinski definition) is 1. The van der Waals surface area contributed by atoms with E-state index in [2.05, 4.69) is 12.2 Å². The lowest BCUT2D eigenvalue weighted by atomic mass is 9.81. The van der Waals surface area contributed by atoms with Gasteiger partial charge in [-0.15, -0.1) is 0 Å². The standard InChI is InChI=1S/C17H24FNO/c1-12-3-6-14(7-4-12)9-10-19-17(20)15-11-13(2)5-8-16(15)18/h5,8,11-12,14H,3-4,6-7,9-10H2,1-2H3,(H,19,20). The van der Waals surface area contributed by atoms with Crippen LogP contribution in [0.1, 0.15) is 54.9 Å². The lowest BCUT2D eigenvalue weighted by molar-refractivity contribution is 0.0945. The van der Waals surface area contributed by atoms with Crippen LogP contribution in [0.4, 0.5) is 4.39 Å². The van der Waals surface area contributed by atoms with Gasteiger partial charge in [-0.3, -0.25) is 4.79 Å². The fourth-order valence-corrected chi connectivity index (χ4v) is 2.92. The van der Waals surface area contributed by atoms with Crippen LogP contribution in [-0.4, -0.2) is 12.5 Å². The molecule has 1 aliphatic carbocycles. The summed E-state index contributed by atoms with van der Waals surface area (Å²) in [5, 5.41) is 2.85. The minimum Gasteiger partial charge on any atom is -0.352 e. The zero-order valence-electron chi connectivity index (χ0n) is 12.4. The molecule has 0 aliphatic heterocycles. The van der Waals surface area contributed by atoms with E-state index in [1.165, 1.54) is 31.7 Å². The Hall–Kier alpha value is -1.38. The second-order valence-corrected chi connectivity index (χ2v) is 6.15. The number of halogens is 1. The lowest BCUT2D eigenvalue weighted by Gasteiger charge is -2.26. The molecule has 0 heterocycles. The summed E-state index contributed by atoms with van der Waals surface area (Å²) in [5.41, 5.74) is 1.06. The molecular weight excluding hydrogens is 253 g/mol. The zero-order valence-corrected chi connectivity index (χ0v) is 12.4. The molecule has 1 fully saturated rings. The fraction of sp³-hybridized carbons (Fsp3) is 0.588. The Balaban J connectivity index is 1.79. The highest BCUT2D eigenvalue weighted by Gasteiger charge is 2.18. The number of aryl methyl sites for hydroxylation is 1. The maximum absolute atomic E-state index is 13.6. The molecule has 110 valence electrons. The number of amides is 1. The Morgan fingerprint density at radius 2 is 2.00 bits per heavy atom. The summed E-state index contributed by atoms with van der Waals surface area (Å²) in [6.07, 6.45) is 6.12. The Morgan fingerprint density at radius 3 is 2.70 bits per heavy atom. The first-order chi connectivity index (χ1) is 9.56. The van der Waals surface area contributed by atoms with Gasteiger partial charge >= 0.3 is 0 Å². The van der Waals surface area contributed by atoms with Crippen LogP contribution in [0.2, 0.25) is 0 Å². The van der Waals surface area contributed by atoms with E-state index in [1.54, 1.807) is 12.1 Å². The quantitative estimate of drug-likeness (QED) is 0.882. The van der Waals surface area contributed by atoms with Gasteiger partial charge in [-0.1, -0.05) is 44.2 Å². The van der Waals surface area contributed by atoms with Crippen molar-refractivity contribution >= 4 is 5.91 Å². The molecule has 20 heavy (non-hydrogen) atoms. The molecule has 1 amide bonds. The van der Waals surface area contributed by atoms with Gasteiger partial charge in [0.15, 0.2) is 0 Å². The summed E-state index contributed by atoms with van der Waals surface area (Å²) in [6, 6.07) is 4.63. The van der Waals surface area contributed by atoms with Crippen molar-refractivity contribution in [2.24, 2.45) is 11.8 Å². The largest absolute Gasteiger partial charge is 0.352 e. The van der Waals surface area contributed by atoms with E-state index >= 15 is 0 Å². The van der Waals surface area contributed by atoms with Gasteiger partial charge in [0.1, 0.15) is 5.82 Å². The monoisotopic (exact) mass is 277 g/mol. The Labute approximate surface area is 120 Å². The lowest BCUT2D eigenvalue weighted by Crippen LogP contribution is -2.27. The normalized spacial score (nSPS) is 22.6. The fourth-order valence-electron chi connectivity index (χ4n) is 2.92. The third-order valence-corrected chi connectivity index (χ3v) is 4.34.